The van der Waals surface area contributed by atoms with Gasteiger partial charge in [-0.15, -0.1) is 0 Å². The third kappa shape index (κ3) is 3.56. The van der Waals surface area contributed by atoms with Crippen LogP contribution >= 0.6 is 0 Å². The Bertz CT molecular complexity index is 1500. The molecule has 1 N–H and O–H groups in total. The van der Waals surface area contributed by atoms with Gasteiger partial charge in [-0.2, -0.15) is 0 Å². The number of aromatic hydroxyl groups is 1. The number of ether oxygens (including phenoxy) is 1. The van der Waals surface area contributed by atoms with Crippen molar-refractivity contribution >= 4 is 23.4 Å². The fourth-order valence-corrected chi connectivity index (χ4v) is 6.60. The Morgan fingerprint density at radius 3 is 2.47 bits per heavy atom. The molecule has 7 heteroatoms. The van der Waals surface area contributed by atoms with E-state index in [1.807, 2.05) is 36.4 Å². The van der Waals surface area contributed by atoms with Crippen molar-refractivity contribution in [3.05, 3.63) is 94.1 Å². The number of likely N-dealkylation sites (tertiary alicyclic amines) is 1. The maximum Gasteiger partial charge on any atom is 0.234 e. The molecular weight excluding hydrogens is 482 g/mol. The summed E-state index contributed by atoms with van der Waals surface area (Å²) in [5.41, 5.74) is 3.22. The molecule has 192 valence electrons. The average molecular weight is 510 g/mol. The number of phenolic OH excluding ortho intramolecular Hbond substituents is 1. The highest BCUT2D eigenvalue weighted by molar-refractivity contribution is 6.24. The molecule has 1 heterocycles. The van der Waals surface area contributed by atoms with Crippen LogP contribution in [0.2, 0.25) is 0 Å². The van der Waals surface area contributed by atoms with Crippen LogP contribution in [0.4, 0.5) is 0 Å². The molecule has 4 aliphatic rings. The Labute approximate surface area is 220 Å². The summed E-state index contributed by atoms with van der Waals surface area (Å²) in [5.74, 6) is -2.81. The third-order valence-electron chi connectivity index (χ3n) is 8.39. The van der Waals surface area contributed by atoms with Gasteiger partial charge in [0.25, 0.3) is 0 Å². The molecule has 1 aliphatic heterocycles. The van der Waals surface area contributed by atoms with Crippen molar-refractivity contribution in [3.63, 3.8) is 0 Å². The lowest BCUT2D eigenvalue weighted by Crippen LogP contribution is -2.39. The summed E-state index contributed by atoms with van der Waals surface area (Å²) in [4.78, 5) is 55.2. The Hall–Kier alpha value is -4.26. The quantitative estimate of drug-likeness (QED) is 0.380. The molecule has 3 aliphatic carbocycles. The predicted octanol–water partition coefficient (Wildman–Crippen LogP) is 4.03. The molecule has 0 bridgehead atoms. The highest BCUT2D eigenvalue weighted by atomic mass is 16.5. The second-order valence-electron chi connectivity index (χ2n) is 10.4. The predicted molar refractivity (Wildman–Crippen MR) is 138 cm³/mol. The van der Waals surface area contributed by atoms with E-state index in [2.05, 4.69) is 0 Å². The molecule has 0 radical (unpaired) electrons. The summed E-state index contributed by atoms with van der Waals surface area (Å²) in [6, 6.07) is 14.3. The number of rotatable bonds is 4. The number of methoxy groups -OCH3 is 1. The smallest absolute Gasteiger partial charge is 0.234 e. The van der Waals surface area contributed by atoms with Crippen molar-refractivity contribution in [2.45, 2.75) is 32.2 Å². The molecule has 1 saturated heterocycles. The minimum Gasteiger partial charge on any atom is -0.507 e. The zero-order valence-electron chi connectivity index (χ0n) is 21.1. The van der Waals surface area contributed by atoms with E-state index in [-0.39, 0.29) is 42.1 Å². The van der Waals surface area contributed by atoms with Crippen LogP contribution < -0.4 is 4.74 Å². The topological polar surface area (TPSA) is 101 Å². The van der Waals surface area contributed by atoms with E-state index in [9.17, 15) is 24.3 Å². The lowest BCUT2D eigenvalue weighted by Gasteiger charge is -2.42. The number of fused-ring (bicyclic) bond motifs is 3. The first kappa shape index (κ1) is 24.1. The Morgan fingerprint density at radius 2 is 1.76 bits per heavy atom. The number of carbonyl (C=O) groups excluding carboxylic acids is 4. The van der Waals surface area contributed by atoms with Crippen molar-refractivity contribution in [2.75, 3.05) is 7.11 Å². The van der Waals surface area contributed by atoms with Crippen LogP contribution in [0.3, 0.4) is 0 Å². The number of Topliss-reactive ketones (excluding diaryl/α,β-unsaturated/α-hetero) is 1. The van der Waals surface area contributed by atoms with E-state index in [1.54, 1.807) is 19.1 Å². The summed E-state index contributed by atoms with van der Waals surface area (Å²) < 4.78 is 5.24. The Kier molecular flexibility index (Phi) is 5.67. The number of hydrogen-bond acceptors (Lipinski definition) is 6. The maximum atomic E-state index is 13.8. The monoisotopic (exact) mass is 509 g/mol. The fraction of sp³-hybridized carbons (Fsp3) is 0.290. The normalized spacial score (nSPS) is 26.5. The molecule has 2 aromatic rings. The van der Waals surface area contributed by atoms with Gasteiger partial charge in [0.2, 0.25) is 11.8 Å². The maximum absolute atomic E-state index is 13.8. The standard InChI is InChI=1S/C31H27NO6/c1-16-12-24(33)23-14-22-19(26(28(23)29(16)35)20-9-8-18(38-2)13-25(20)34)10-11-21-27(22)31(37)32(30(21)36)15-17-6-4-3-5-7-17/h3-10,12-13,21-22,26-27,34H,11,14-15H2,1-2H3. The van der Waals surface area contributed by atoms with Gasteiger partial charge in [-0.05, 0) is 43.4 Å². The molecule has 7 nitrogen and oxygen atoms in total. The second kappa shape index (κ2) is 8.94. The molecule has 2 aromatic carbocycles. The SMILES string of the molecule is COc1ccc(C2C3=CCC4C(=O)N(Cc5ccccc5)C(=O)C4C3CC3=C2C(=O)C(C)=CC3=O)c(O)c1. The second-order valence-corrected chi connectivity index (χ2v) is 10.4. The summed E-state index contributed by atoms with van der Waals surface area (Å²) in [7, 11) is 1.50. The van der Waals surface area contributed by atoms with Gasteiger partial charge in [0.15, 0.2) is 11.6 Å². The first-order valence-electron chi connectivity index (χ1n) is 12.8. The minimum atomic E-state index is -0.693. The molecular formula is C31H27NO6. The van der Waals surface area contributed by atoms with Crippen LogP contribution in [-0.2, 0) is 25.7 Å². The summed E-state index contributed by atoms with van der Waals surface area (Å²) in [6.45, 7) is 1.82. The summed E-state index contributed by atoms with van der Waals surface area (Å²) in [6.07, 6.45) is 3.87. The van der Waals surface area contributed by atoms with Crippen molar-refractivity contribution in [3.8, 4) is 11.5 Å². The largest absolute Gasteiger partial charge is 0.507 e. The van der Waals surface area contributed by atoms with Crippen molar-refractivity contribution in [1.29, 1.82) is 0 Å². The Morgan fingerprint density at radius 1 is 1.00 bits per heavy atom. The molecule has 38 heavy (non-hydrogen) atoms. The van der Waals surface area contributed by atoms with Crippen LogP contribution in [0.25, 0.3) is 0 Å². The zero-order valence-corrected chi connectivity index (χ0v) is 21.1. The molecule has 1 fully saturated rings. The summed E-state index contributed by atoms with van der Waals surface area (Å²) >= 11 is 0. The number of amides is 2. The van der Waals surface area contributed by atoms with Crippen molar-refractivity contribution in [1.82, 2.24) is 4.90 Å². The van der Waals surface area contributed by atoms with Crippen LogP contribution in [0.1, 0.15) is 36.8 Å². The molecule has 0 saturated carbocycles. The Balaban J connectivity index is 1.45. The van der Waals surface area contributed by atoms with E-state index in [1.165, 1.54) is 24.2 Å². The van der Waals surface area contributed by atoms with Gasteiger partial charge in [0.05, 0.1) is 25.5 Å². The number of imide groups is 1. The number of ketones is 2. The van der Waals surface area contributed by atoms with Crippen LogP contribution in [0, 0.1) is 17.8 Å². The van der Waals surface area contributed by atoms with Crippen molar-refractivity contribution < 1.29 is 29.0 Å². The molecule has 0 spiro atoms. The lowest BCUT2D eigenvalue weighted by molar-refractivity contribution is -0.140. The van der Waals surface area contributed by atoms with Gasteiger partial charge in [-0.25, -0.2) is 0 Å². The number of phenols is 1. The fourth-order valence-electron chi connectivity index (χ4n) is 6.60. The number of allylic oxidation sites excluding steroid dienone is 6. The highest BCUT2D eigenvalue weighted by Gasteiger charge is 2.56. The molecule has 4 unspecified atom stereocenters. The van der Waals surface area contributed by atoms with Crippen LogP contribution in [0.5, 0.6) is 11.5 Å². The van der Waals surface area contributed by atoms with Crippen molar-refractivity contribution in [2.24, 2.45) is 17.8 Å². The van der Waals surface area contributed by atoms with Gasteiger partial charge in [-0.3, -0.25) is 24.1 Å². The molecule has 6 rings (SSSR count). The van der Waals surface area contributed by atoms with E-state index in [4.69, 9.17) is 4.74 Å². The van der Waals surface area contributed by atoms with Crippen LogP contribution in [0.15, 0.2) is 83.0 Å². The van der Waals surface area contributed by atoms with E-state index in [0.717, 1.165) is 11.1 Å². The number of nitrogens with zero attached hydrogens (tertiary/aromatic N) is 1. The lowest BCUT2D eigenvalue weighted by atomic mass is 9.59. The zero-order chi connectivity index (χ0) is 26.7. The van der Waals surface area contributed by atoms with Gasteiger partial charge in [-0.1, -0.05) is 48.0 Å². The first-order valence-corrected chi connectivity index (χ1v) is 12.8. The number of carbonyl (C=O) groups is 4. The molecule has 2 amide bonds. The van der Waals surface area contributed by atoms with Gasteiger partial charge in [0.1, 0.15) is 11.5 Å². The summed E-state index contributed by atoms with van der Waals surface area (Å²) in [5, 5.41) is 11.0. The average Bonchev–Trinajstić information content (AvgIpc) is 3.16. The van der Waals surface area contributed by atoms with E-state index < -0.39 is 23.7 Å². The minimum absolute atomic E-state index is 0.0585. The molecule has 0 aromatic heterocycles. The highest BCUT2D eigenvalue weighted by Crippen LogP contribution is 2.56. The van der Waals surface area contributed by atoms with Gasteiger partial charge < -0.3 is 9.84 Å². The van der Waals surface area contributed by atoms with Crippen LogP contribution in [-0.4, -0.2) is 40.5 Å². The van der Waals surface area contributed by atoms with E-state index >= 15 is 0 Å². The number of benzene rings is 2. The molecule has 4 atom stereocenters. The number of hydrogen-bond donors (Lipinski definition) is 1. The van der Waals surface area contributed by atoms with E-state index in [0.29, 0.717) is 34.5 Å². The first-order chi connectivity index (χ1) is 18.3. The third-order valence-corrected chi connectivity index (χ3v) is 8.39. The van der Waals surface area contributed by atoms with Gasteiger partial charge >= 0.3 is 0 Å². The van der Waals surface area contributed by atoms with Gasteiger partial charge in [0, 0.05) is 34.3 Å².